The quantitative estimate of drug-likeness (QED) is 0.785. The fraction of sp³-hybridized carbons (Fsp3) is 0.500. The van der Waals surface area contributed by atoms with Gasteiger partial charge in [0.1, 0.15) is 16.8 Å². The summed E-state index contributed by atoms with van der Waals surface area (Å²) in [5.41, 5.74) is 1.76. The Bertz CT molecular complexity index is 500. The minimum Gasteiger partial charge on any atom is -0.300 e. The molecule has 2 aromatic rings. The molecule has 1 heterocycles. The number of fused-ring (bicyclic) bond motifs is 1. The monoisotopic (exact) mass is 245 g/mol. The minimum absolute atomic E-state index is 0.0294. The van der Waals surface area contributed by atoms with Crippen molar-refractivity contribution in [1.82, 2.24) is 15.0 Å². The molecular formula is C14H19N3O. The SMILES string of the molecule is CCCCC(=O)C[C@H](C)n1nc2ccccc2n1. The Kier molecular flexibility index (Phi) is 4.07. The second kappa shape index (κ2) is 5.76. The first-order valence-electron chi connectivity index (χ1n) is 6.54. The van der Waals surface area contributed by atoms with E-state index in [4.69, 9.17) is 0 Å². The maximum atomic E-state index is 11.7. The number of unbranched alkanes of at least 4 members (excludes halogenated alkanes) is 1. The molecule has 18 heavy (non-hydrogen) atoms. The zero-order chi connectivity index (χ0) is 13.0. The van der Waals surface area contributed by atoms with Crippen molar-refractivity contribution in [2.24, 2.45) is 0 Å². The highest BCUT2D eigenvalue weighted by molar-refractivity contribution is 5.78. The van der Waals surface area contributed by atoms with Crippen LogP contribution < -0.4 is 0 Å². The first kappa shape index (κ1) is 12.7. The standard InChI is InChI=1S/C14H19N3O/c1-3-4-7-12(18)10-11(2)17-15-13-8-5-6-9-14(13)16-17/h5-6,8-9,11H,3-4,7,10H2,1-2H3/t11-/m0/s1. The van der Waals surface area contributed by atoms with Crippen molar-refractivity contribution in [3.05, 3.63) is 24.3 Å². The highest BCUT2D eigenvalue weighted by Crippen LogP contribution is 2.15. The molecule has 0 spiro atoms. The Morgan fingerprint density at radius 3 is 2.44 bits per heavy atom. The highest BCUT2D eigenvalue weighted by Gasteiger charge is 2.13. The molecule has 0 bridgehead atoms. The molecule has 0 amide bonds. The number of hydrogen-bond acceptors (Lipinski definition) is 3. The van der Waals surface area contributed by atoms with Gasteiger partial charge in [0, 0.05) is 12.8 Å². The van der Waals surface area contributed by atoms with E-state index >= 15 is 0 Å². The lowest BCUT2D eigenvalue weighted by molar-refractivity contribution is -0.119. The fourth-order valence-corrected chi connectivity index (χ4v) is 1.96. The molecule has 0 aliphatic heterocycles. The predicted molar refractivity (Wildman–Crippen MR) is 71.4 cm³/mol. The van der Waals surface area contributed by atoms with E-state index in [2.05, 4.69) is 17.1 Å². The first-order chi connectivity index (χ1) is 8.70. The average Bonchev–Trinajstić information content (AvgIpc) is 2.80. The van der Waals surface area contributed by atoms with Gasteiger partial charge in [0.15, 0.2) is 0 Å². The molecule has 4 nitrogen and oxygen atoms in total. The second-order valence-corrected chi connectivity index (χ2v) is 4.70. The van der Waals surface area contributed by atoms with Crippen LogP contribution >= 0.6 is 0 Å². The maximum absolute atomic E-state index is 11.7. The van der Waals surface area contributed by atoms with Gasteiger partial charge in [-0.1, -0.05) is 25.5 Å². The third kappa shape index (κ3) is 2.94. The third-order valence-corrected chi connectivity index (χ3v) is 3.03. The molecule has 0 fully saturated rings. The summed E-state index contributed by atoms with van der Waals surface area (Å²) in [6.07, 6.45) is 3.21. The van der Waals surface area contributed by atoms with Crippen molar-refractivity contribution < 1.29 is 4.79 Å². The Balaban J connectivity index is 2.04. The van der Waals surface area contributed by atoms with Gasteiger partial charge >= 0.3 is 0 Å². The molecule has 96 valence electrons. The van der Waals surface area contributed by atoms with Crippen molar-refractivity contribution in [1.29, 1.82) is 0 Å². The molecule has 1 atom stereocenters. The predicted octanol–water partition coefficient (Wildman–Crippen LogP) is 3.14. The second-order valence-electron chi connectivity index (χ2n) is 4.70. The van der Waals surface area contributed by atoms with Crippen LogP contribution in [0.2, 0.25) is 0 Å². The first-order valence-corrected chi connectivity index (χ1v) is 6.54. The molecule has 0 saturated carbocycles. The normalized spacial score (nSPS) is 12.8. The molecule has 0 unspecified atom stereocenters. The van der Waals surface area contributed by atoms with Crippen LogP contribution in [0.4, 0.5) is 0 Å². The Labute approximate surface area is 107 Å². The van der Waals surface area contributed by atoms with Crippen LogP contribution in [0.5, 0.6) is 0 Å². The number of Topliss-reactive ketones (excluding diaryl/α,β-unsaturated/α-hetero) is 1. The van der Waals surface area contributed by atoms with Crippen molar-refractivity contribution in [2.75, 3.05) is 0 Å². The van der Waals surface area contributed by atoms with Gasteiger partial charge in [-0.3, -0.25) is 4.79 Å². The van der Waals surface area contributed by atoms with E-state index in [0.717, 1.165) is 23.9 Å². The summed E-state index contributed by atoms with van der Waals surface area (Å²) < 4.78 is 0. The van der Waals surface area contributed by atoms with E-state index in [1.165, 1.54) is 0 Å². The lowest BCUT2D eigenvalue weighted by Gasteiger charge is -2.08. The van der Waals surface area contributed by atoms with Crippen molar-refractivity contribution in [2.45, 2.75) is 45.6 Å². The van der Waals surface area contributed by atoms with Gasteiger partial charge in [0.2, 0.25) is 0 Å². The number of hydrogen-bond donors (Lipinski definition) is 0. The molecule has 2 rings (SSSR count). The number of nitrogens with zero attached hydrogens (tertiary/aromatic N) is 3. The van der Waals surface area contributed by atoms with Crippen molar-refractivity contribution in [3.8, 4) is 0 Å². The van der Waals surface area contributed by atoms with Gasteiger partial charge in [0.25, 0.3) is 0 Å². The zero-order valence-electron chi connectivity index (χ0n) is 11.0. The lowest BCUT2D eigenvalue weighted by Crippen LogP contribution is -2.13. The largest absolute Gasteiger partial charge is 0.300 e. The van der Waals surface area contributed by atoms with Crippen LogP contribution in [0.3, 0.4) is 0 Å². The van der Waals surface area contributed by atoms with Gasteiger partial charge in [-0.05, 0) is 25.5 Å². The molecule has 0 aliphatic carbocycles. The topological polar surface area (TPSA) is 47.8 Å². The summed E-state index contributed by atoms with van der Waals surface area (Å²) in [7, 11) is 0. The van der Waals surface area contributed by atoms with Gasteiger partial charge in [-0.2, -0.15) is 15.0 Å². The molecule has 1 aromatic carbocycles. The van der Waals surface area contributed by atoms with E-state index in [-0.39, 0.29) is 6.04 Å². The summed E-state index contributed by atoms with van der Waals surface area (Å²) in [5, 5.41) is 8.80. The summed E-state index contributed by atoms with van der Waals surface area (Å²) in [6.45, 7) is 4.08. The Morgan fingerprint density at radius 1 is 1.28 bits per heavy atom. The minimum atomic E-state index is 0.0294. The van der Waals surface area contributed by atoms with Crippen LogP contribution in [0, 0.1) is 0 Å². The molecule has 0 aliphatic rings. The summed E-state index contributed by atoms with van der Waals surface area (Å²) in [6, 6.07) is 7.79. The fourth-order valence-electron chi connectivity index (χ4n) is 1.96. The van der Waals surface area contributed by atoms with Crippen LogP contribution in [-0.2, 0) is 4.79 Å². The molecule has 0 radical (unpaired) electrons. The van der Waals surface area contributed by atoms with E-state index in [1.807, 2.05) is 31.2 Å². The molecule has 0 N–H and O–H groups in total. The number of rotatable bonds is 6. The van der Waals surface area contributed by atoms with E-state index < -0.39 is 0 Å². The number of benzene rings is 1. The van der Waals surface area contributed by atoms with Crippen LogP contribution in [0.1, 0.15) is 45.6 Å². The lowest BCUT2D eigenvalue weighted by atomic mass is 10.1. The number of carbonyl (C=O) groups is 1. The van der Waals surface area contributed by atoms with E-state index in [9.17, 15) is 4.79 Å². The number of carbonyl (C=O) groups excluding carboxylic acids is 1. The smallest absolute Gasteiger partial charge is 0.135 e. The molecule has 4 heteroatoms. The van der Waals surface area contributed by atoms with E-state index in [0.29, 0.717) is 18.6 Å². The molecule has 0 saturated heterocycles. The molecule has 1 aromatic heterocycles. The van der Waals surface area contributed by atoms with Gasteiger partial charge in [-0.25, -0.2) is 0 Å². The average molecular weight is 245 g/mol. The van der Waals surface area contributed by atoms with Crippen LogP contribution in [0.25, 0.3) is 11.0 Å². The third-order valence-electron chi connectivity index (χ3n) is 3.03. The van der Waals surface area contributed by atoms with Crippen LogP contribution in [0.15, 0.2) is 24.3 Å². The van der Waals surface area contributed by atoms with Crippen molar-refractivity contribution in [3.63, 3.8) is 0 Å². The van der Waals surface area contributed by atoms with Crippen LogP contribution in [-0.4, -0.2) is 20.8 Å². The van der Waals surface area contributed by atoms with Crippen molar-refractivity contribution >= 4 is 16.8 Å². The Hall–Kier alpha value is -1.71. The molecular weight excluding hydrogens is 226 g/mol. The zero-order valence-corrected chi connectivity index (χ0v) is 11.0. The number of aromatic nitrogens is 3. The van der Waals surface area contributed by atoms with E-state index in [1.54, 1.807) is 4.80 Å². The summed E-state index contributed by atoms with van der Waals surface area (Å²) >= 11 is 0. The maximum Gasteiger partial charge on any atom is 0.135 e. The summed E-state index contributed by atoms with van der Waals surface area (Å²) in [4.78, 5) is 13.4. The van der Waals surface area contributed by atoms with Gasteiger partial charge < -0.3 is 0 Å². The highest BCUT2D eigenvalue weighted by atomic mass is 16.1. The summed E-state index contributed by atoms with van der Waals surface area (Å²) in [5.74, 6) is 0.297. The van der Waals surface area contributed by atoms with Gasteiger partial charge in [-0.15, -0.1) is 0 Å². The van der Waals surface area contributed by atoms with Gasteiger partial charge in [0.05, 0.1) is 6.04 Å². The number of ketones is 1. The Morgan fingerprint density at radius 2 is 1.89 bits per heavy atom.